The molecule has 4 aromatic rings. The van der Waals surface area contributed by atoms with Crippen molar-refractivity contribution >= 4 is 27.8 Å². The summed E-state index contributed by atoms with van der Waals surface area (Å²) in [5.74, 6) is -0.719. The second kappa shape index (κ2) is 9.75. The van der Waals surface area contributed by atoms with Crippen LogP contribution in [0.2, 0.25) is 0 Å². The third-order valence-corrected chi connectivity index (χ3v) is 5.86. The number of furan rings is 1. The zero-order valence-corrected chi connectivity index (χ0v) is 19.1. The SMILES string of the molecule is CC.Cc1ccc(CN2CC(c3ccc(OC(F)F)c4oc5ccncc5c34)CC2=O)c(F)c1. The Kier molecular flexibility index (Phi) is 6.77. The van der Waals surface area contributed by atoms with E-state index in [1.807, 2.05) is 19.9 Å². The fraction of sp³-hybridized carbons (Fsp3) is 0.308. The second-order valence-corrected chi connectivity index (χ2v) is 7.98. The van der Waals surface area contributed by atoms with Crippen molar-refractivity contribution in [3.05, 3.63) is 71.3 Å². The third-order valence-electron chi connectivity index (χ3n) is 5.86. The van der Waals surface area contributed by atoms with Crippen LogP contribution in [0.3, 0.4) is 0 Å². The summed E-state index contributed by atoms with van der Waals surface area (Å²) in [7, 11) is 0. The molecule has 0 spiro atoms. The number of pyridine rings is 1. The number of rotatable bonds is 5. The number of benzene rings is 2. The summed E-state index contributed by atoms with van der Waals surface area (Å²) in [5.41, 5.74) is 2.73. The predicted octanol–water partition coefficient (Wildman–Crippen LogP) is 6.57. The smallest absolute Gasteiger partial charge is 0.387 e. The van der Waals surface area contributed by atoms with E-state index in [4.69, 9.17) is 4.42 Å². The number of aromatic nitrogens is 1. The van der Waals surface area contributed by atoms with E-state index in [9.17, 15) is 18.0 Å². The molecule has 0 aliphatic carbocycles. The van der Waals surface area contributed by atoms with Crippen molar-refractivity contribution in [3.63, 3.8) is 0 Å². The fourth-order valence-electron chi connectivity index (χ4n) is 4.37. The molecular formula is C26H25F3N2O3. The van der Waals surface area contributed by atoms with Gasteiger partial charge in [0.15, 0.2) is 11.3 Å². The summed E-state index contributed by atoms with van der Waals surface area (Å²) in [6.07, 6.45) is 3.38. The Bertz CT molecular complexity index is 1340. The van der Waals surface area contributed by atoms with E-state index in [1.165, 1.54) is 12.1 Å². The molecule has 1 saturated heterocycles. The lowest BCUT2D eigenvalue weighted by Crippen LogP contribution is -2.25. The number of carbonyl (C=O) groups is 1. The van der Waals surface area contributed by atoms with E-state index in [-0.39, 0.29) is 41.9 Å². The Morgan fingerprint density at radius 1 is 1.21 bits per heavy atom. The largest absolute Gasteiger partial charge is 0.452 e. The molecule has 5 rings (SSSR count). The normalized spacial score (nSPS) is 15.8. The molecule has 34 heavy (non-hydrogen) atoms. The summed E-state index contributed by atoms with van der Waals surface area (Å²) in [4.78, 5) is 18.5. The Hall–Kier alpha value is -3.55. The van der Waals surface area contributed by atoms with Crippen LogP contribution in [0.5, 0.6) is 5.75 Å². The number of halogens is 3. The van der Waals surface area contributed by atoms with E-state index in [1.54, 1.807) is 42.4 Å². The van der Waals surface area contributed by atoms with E-state index in [0.717, 1.165) is 11.1 Å². The lowest BCUT2D eigenvalue weighted by atomic mass is 9.93. The molecule has 1 fully saturated rings. The summed E-state index contributed by atoms with van der Waals surface area (Å²) in [5, 5.41) is 1.26. The van der Waals surface area contributed by atoms with Crippen LogP contribution in [0, 0.1) is 12.7 Å². The quantitative estimate of drug-likeness (QED) is 0.331. The van der Waals surface area contributed by atoms with Gasteiger partial charge in [-0.2, -0.15) is 8.78 Å². The van der Waals surface area contributed by atoms with Gasteiger partial charge in [0.1, 0.15) is 11.4 Å². The maximum Gasteiger partial charge on any atom is 0.387 e. The van der Waals surface area contributed by atoms with Gasteiger partial charge in [0, 0.05) is 54.2 Å². The first-order valence-corrected chi connectivity index (χ1v) is 11.2. The van der Waals surface area contributed by atoms with Gasteiger partial charge < -0.3 is 14.1 Å². The molecule has 1 aliphatic rings. The van der Waals surface area contributed by atoms with Crippen LogP contribution in [0.25, 0.3) is 21.9 Å². The number of aryl methyl sites for hydroxylation is 1. The number of likely N-dealkylation sites (tertiary alicyclic amines) is 1. The number of hydrogen-bond donors (Lipinski definition) is 0. The number of ether oxygens (including phenoxy) is 1. The monoisotopic (exact) mass is 470 g/mol. The highest BCUT2D eigenvalue weighted by molar-refractivity contribution is 6.08. The van der Waals surface area contributed by atoms with Crippen molar-refractivity contribution in [1.29, 1.82) is 0 Å². The van der Waals surface area contributed by atoms with Crippen LogP contribution in [0.15, 0.2) is 53.2 Å². The van der Waals surface area contributed by atoms with Gasteiger partial charge in [-0.15, -0.1) is 0 Å². The lowest BCUT2D eigenvalue weighted by Gasteiger charge is -2.18. The zero-order valence-electron chi connectivity index (χ0n) is 19.1. The van der Waals surface area contributed by atoms with E-state index in [2.05, 4.69) is 9.72 Å². The van der Waals surface area contributed by atoms with Crippen molar-refractivity contribution < 1.29 is 27.1 Å². The average molecular weight is 470 g/mol. The molecule has 0 N–H and O–H groups in total. The topological polar surface area (TPSA) is 55.6 Å². The third kappa shape index (κ3) is 4.44. The first kappa shape index (κ1) is 23.6. The molecule has 2 aromatic heterocycles. The lowest BCUT2D eigenvalue weighted by molar-refractivity contribution is -0.128. The molecular weight excluding hydrogens is 445 g/mol. The standard InChI is InChI=1S/C24H19F3N2O3.C2H6/c1-13-2-3-14(18(25)8-13)11-29-12-15(9-21(29)30)16-4-5-20(32-24(26)27)23-22(16)17-10-28-7-6-19(17)31-23;1-2/h2-8,10,15,24H,9,11-12H2,1H3;1-2H3. The molecule has 1 atom stereocenters. The summed E-state index contributed by atoms with van der Waals surface area (Å²) in [6.45, 7) is 3.36. The Labute approximate surface area is 195 Å². The minimum absolute atomic E-state index is 0.0714. The maximum absolute atomic E-state index is 14.3. The molecule has 0 radical (unpaired) electrons. The summed E-state index contributed by atoms with van der Waals surface area (Å²) < 4.78 is 50.6. The van der Waals surface area contributed by atoms with Crippen LogP contribution in [-0.2, 0) is 11.3 Å². The highest BCUT2D eigenvalue weighted by Crippen LogP contribution is 2.42. The van der Waals surface area contributed by atoms with Crippen LogP contribution in [-0.4, -0.2) is 28.9 Å². The van der Waals surface area contributed by atoms with Crippen LogP contribution in [0.1, 0.15) is 42.9 Å². The van der Waals surface area contributed by atoms with Crippen molar-refractivity contribution in [2.45, 2.75) is 46.3 Å². The van der Waals surface area contributed by atoms with Crippen molar-refractivity contribution in [2.75, 3.05) is 6.54 Å². The van der Waals surface area contributed by atoms with Gasteiger partial charge >= 0.3 is 6.61 Å². The minimum atomic E-state index is -3.00. The summed E-state index contributed by atoms with van der Waals surface area (Å²) >= 11 is 0. The molecule has 3 heterocycles. The molecule has 8 heteroatoms. The van der Waals surface area contributed by atoms with E-state index >= 15 is 0 Å². The van der Waals surface area contributed by atoms with Crippen molar-refractivity contribution in [3.8, 4) is 5.75 Å². The second-order valence-electron chi connectivity index (χ2n) is 7.98. The van der Waals surface area contributed by atoms with Gasteiger partial charge in [-0.05, 0) is 36.2 Å². The number of hydrogen-bond acceptors (Lipinski definition) is 4. The molecule has 1 aliphatic heterocycles. The van der Waals surface area contributed by atoms with Crippen molar-refractivity contribution in [1.82, 2.24) is 9.88 Å². The van der Waals surface area contributed by atoms with Gasteiger partial charge in [-0.3, -0.25) is 9.78 Å². The molecule has 1 amide bonds. The zero-order chi connectivity index (χ0) is 24.4. The van der Waals surface area contributed by atoms with Crippen LogP contribution >= 0.6 is 0 Å². The number of alkyl halides is 2. The summed E-state index contributed by atoms with van der Waals surface area (Å²) in [6, 6.07) is 9.73. The Balaban J connectivity index is 0.00000133. The molecule has 0 bridgehead atoms. The van der Waals surface area contributed by atoms with Gasteiger partial charge in [0.05, 0.1) is 0 Å². The van der Waals surface area contributed by atoms with E-state index < -0.39 is 6.61 Å². The van der Waals surface area contributed by atoms with Gasteiger partial charge in [-0.25, -0.2) is 4.39 Å². The molecule has 2 aromatic carbocycles. The molecule has 0 saturated carbocycles. The van der Waals surface area contributed by atoms with Gasteiger partial charge in [-0.1, -0.05) is 32.0 Å². The molecule has 5 nitrogen and oxygen atoms in total. The predicted molar refractivity (Wildman–Crippen MR) is 123 cm³/mol. The first-order chi connectivity index (χ1) is 16.4. The Morgan fingerprint density at radius 3 is 2.74 bits per heavy atom. The first-order valence-electron chi connectivity index (χ1n) is 11.2. The van der Waals surface area contributed by atoms with E-state index in [0.29, 0.717) is 28.5 Å². The number of carbonyl (C=O) groups excluding carboxylic acids is 1. The molecule has 1 unspecified atom stereocenters. The minimum Gasteiger partial charge on any atom is -0.452 e. The number of amides is 1. The van der Waals surface area contributed by atoms with Crippen LogP contribution < -0.4 is 4.74 Å². The average Bonchev–Trinajstić information content (AvgIpc) is 3.38. The Morgan fingerprint density at radius 2 is 2.00 bits per heavy atom. The van der Waals surface area contributed by atoms with Gasteiger partial charge in [0.2, 0.25) is 5.91 Å². The highest BCUT2D eigenvalue weighted by Gasteiger charge is 2.33. The highest BCUT2D eigenvalue weighted by atomic mass is 19.3. The molecule has 178 valence electrons. The number of nitrogens with zero attached hydrogens (tertiary/aromatic N) is 2. The van der Waals surface area contributed by atoms with Gasteiger partial charge in [0.25, 0.3) is 0 Å². The van der Waals surface area contributed by atoms with Crippen molar-refractivity contribution in [2.24, 2.45) is 0 Å². The maximum atomic E-state index is 14.3. The van der Waals surface area contributed by atoms with Crippen LogP contribution in [0.4, 0.5) is 13.2 Å². The fourth-order valence-corrected chi connectivity index (χ4v) is 4.37. The number of fused-ring (bicyclic) bond motifs is 3.